The highest BCUT2D eigenvalue weighted by Gasteiger charge is 2.21. The van der Waals surface area contributed by atoms with Gasteiger partial charge in [0.05, 0.1) is 16.1 Å². The molecule has 2 rings (SSSR count). The van der Waals surface area contributed by atoms with Crippen molar-refractivity contribution in [1.29, 1.82) is 0 Å². The van der Waals surface area contributed by atoms with E-state index in [1.165, 1.54) is 0 Å². The van der Waals surface area contributed by atoms with E-state index in [1.54, 1.807) is 6.07 Å². The Kier molecular flexibility index (Phi) is 4.27. The number of furan rings is 1. The molecule has 0 aliphatic carbocycles. The largest absolute Gasteiger partial charge is 0.457 e. The third kappa shape index (κ3) is 2.29. The standard InChI is InChI=1S/C13H14BrCl2NO/c1-4-17-7(3)12-6(2)10-11(16)8(14)5-9(15)13(10)18-12/h5,7,17H,4H2,1-3H3. The van der Waals surface area contributed by atoms with Crippen LogP contribution in [0.5, 0.6) is 0 Å². The van der Waals surface area contributed by atoms with E-state index in [9.17, 15) is 0 Å². The van der Waals surface area contributed by atoms with Crippen LogP contribution in [0.2, 0.25) is 10.0 Å². The predicted octanol–water partition coefficient (Wildman–Crippen LogP) is 5.48. The van der Waals surface area contributed by atoms with Gasteiger partial charge in [0.25, 0.3) is 0 Å². The lowest BCUT2D eigenvalue weighted by Crippen LogP contribution is -2.17. The Hall–Kier alpha value is -0.220. The number of aryl methyl sites for hydroxylation is 1. The highest BCUT2D eigenvalue weighted by Crippen LogP contribution is 2.41. The van der Waals surface area contributed by atoms with Crippen LogP contribution in [0.3, 0.4) is 0 Å². The summed E-state index contributed by atoms with van der Waals surface area (Å²) in [6.45, 7) is 7.00. The van der Waals surface area contributed by atoms with Crippen LogP contribution in [0.4, 0.5) is 0 Å². The van der Waals surface area contributed by atoms with E-state index in [0.29, 0.717) is 15.6 Å². The molecule has 0 radical (unpaired) electrons. The van der Waals surface area contributed by atoms with Crippen molar-refractivity contribution in [3.63, 3.8) is 0 Å². The molecule has 5 heteroatoms. The molecule has 0 spiro atoms. The van der Waals surface area contributed by atoms with Crippen molar-refractivity contribution in [3.05, 3.63) is 31.9 Å². The lowest BCUT2D eigenvalue weighted by molar-refractivity contribution is 0.456. The van der Waals surface area contributed by atoms with Crippen LogP contribution in [-0.4, -0.2) is 6.54 Å². The maximum Gasteiger partial charge on any atom is 0.154 e. The molecule has 2 aromatic rings. The predicted molar refractivity (Wildman–Crippen MR) is 80.8 cm³/mol. The highest BCUT2D eigenvalue weighted by atomic mass is 79.9. The van der Waals surface area contributed by atoms with Gasteiger partial charge in [-0.1, -0.05) is 30.1 Å². The van der Waals surface area contributed by atoms with Crippen LogP contribution in [0.15, 0.2) is 15.0 Å². The molecule has 0 saturated heterocycles. The lowest BCUT2D eigenvalue weighted by atomic mass is 10.1. The van der Waals surface area contributed by atoms with E-state index in [1.807, 2.05) is 6.92 Å². The molecular formula is C13H14BrCl2NO. The summed E-state index contributed by atoms with van der Waals surface area (Å²) in [5.41, 5.74) is 1.69. The Morgan fingerprint density at radius 3 is 2.72 bits per heavy atom. The molecule has 0 aliphatic rings. The smallest absolute Gasteiger partial charge is 0.154 e. The Balaban J connectivity index is 2.70. The quantitative estimate of drug-likeness (QED) is 0.741. The average Bonchev–Trinajstić information content (AvgIpc) is 2.65. The molecule has 2 nitrogen and oxygen atoms in total. The topological polar surface area (TPSA) is 25.2 Å². The van der Waals surface area contributed by atoms with Gasteiger partial charge in [-0.05, 0) is 42.4 Å². The number of nitrogens with one attached hydrogen (secondary N) is 1. The van der Waals surface area contributed by atoms with E-state index < -0.39 is 0 Å². The first kappa shape index (κ1) is 14.2. The van der Waals surface area contributed by atoms with Gasteiger partial charge < -0.3 is 9.73 Å². The van der Waals surface area contributed by atoms with E-state index in [4.69, 9.17) is 27.6 Å². The zero-order valence-electron chi connectivity index (χ0n) is 10.4. The second-order valence-corrected chi connectivity index (χ2v) is 5.87. The average molecular weight is 351 g/mol. The van der Waals surface area contributed by atoms with Gasteiger partial charge in [0.1, 0.15) is 5.76 Å². The fourth-order valence-corrected chi connectivity index (χ4v) is 3.22. The first-order chi connectivity index (χ1) is 8.47. The fraction of sp³-hybridized carbons (Fsp3) is 0.385. The first-order valence-corrected chi connectivity index (χ1v) is 7.32. The van der Waals surface area contributed by atoms with Gasteiger partial charge in [0.2, 0.25) is 0 Å². The normalized spacial score (nSPS) is 13.2. The van der Waals surface area contributed by atoms with Crippen molar-refractivity contribution in [3.8, 4) is 0 Å². The maximum absolute atomic E-state index is 6.31. The molecule has 0 bridgehead atoms. The summed E-state index contributed by atoms with van der Waals surface area (Å²) < 4.78 is 6.67. The van der Waals surface area contributed by atoms with Gasteiger partial charge in [0.15, 0.2) is 5.58 Å². The second-order valence-electron chi connectivity index (χ2n) is 4.23. The molecule has 0 aliphatic heterocycles. The third-order valence-electron chi connectivity index (χ3n) is 2.99. The second kappa shape index (κ2) is 5.41. The van der Waals surface area contributed by atoms with Crippen LogP contribution in [-0.2, 0) is 0 Å². The van der Waals surface area contributed by atoms with Crippen molar-refractivity contribution in [2.45, 2.75) is 26.8 Å². The Morgan fingerprint density at radius 1 is 1.44 bits per heavy atom. The minimum absolute atomic E-state index is 0.133. The van der Waals surface area contributed by atoms with Crippen molar-refractivity contribution in [1.82, 2.24) is 5.32 Å². The Bertz CT molecular complexity index is 594. The number of hydrogen-bond acceptors (Lipinski definition) is 2. The zero-order valence-corrected chi connectivity index (χ0v) is 13.5. The van der Waals surface area contributed by atoms with Crippen molar-refractivity contribution >= 4 is 50.1 Å². The molecule has 1 aromatic carbocycles. The number of rotatable bonds is 3. The first-order valence-electron chi connectivity index (χ1n) is 5.77. The van der Waals surface area contributed by atoms with Gasteiger partial charge in [-0.3, -0.25) is 0 Å². The van der Waals surface area contributed by atoms with Gasteiger partial charge in [-0.15, -0.1) is 0 Å². The summed E-state index contributed by atoms with van der Waals surface area (Å²) in [4.78, 5) is 0. The molecule has 18 heavy (non-hydrogen) atoms. The van der Waals surface area contributed by atoms with Crippen molar-refractivity contribution < 1.29 is 4.42 Å². The van der Waals surface area contributed by atoms with E-state index in [-0.39, 0.29) is 6.04 Å². The van der Waals surface area contributed by atoms with Gasteiger partial charge in [-0.2, -0.15) is 0 Å². The molecule has 0 fully saturated rings. The number of halogens is 3. The van der Waals surface area contributed by atoms with Crippen LogP contribution in [0.25, 0.3) is 11.0 Å². The number of hydrogen-bond donors (Lipinski definition) is 1. The van der Waals surface area contributed by atoms with Crippen LogP contribution in [0.1, 0.15) is 31.2 Å². The van der Waals surface area contributed by atoms with Crippen LogP contribution < -0.4 is 5.32 Å². The van der Waals surface area contributed by atoms with Crippen molar-refractivity contribution in [2.75, 3.05) is 6.54 Å². The molecule has 0 amide bonds. The molecule has 0 saturated carbocycles. The summed E-state index contributed by atoms with van der Waals surface area (Å²) >= 11 is 15.9. The minimum atomic E-state index is 0.133. The minimum Gasteiger partial charge on any atom is -0.457 e. The summed E-state index contributed by atoms with van der Waals surface area (Å²) in [5, 5.41) is 5.42. The van der Waals surface area contributed by atoms with Gasteiger partial charge in [0, 0.05) is 15.4 Å². The van der Waals surface area contributed by atoms with E-state index >= 15 is 0 Å². The summed E-state index contributed by atoms with van der Waals surface area (Å²) in [5.74, 6) is 0.883. The molecule has 98 valence electrons. The fourth-order valence-electron chi connectivity index (χ4n) is 2.14. The lowest BCUT2D eigenvalue weighted by Gasteiger charge is -2.09. The summed E-state index contributed by atoms with van der Waals surface area (Å²) in [7, 11) is 0. The molecule has 1 N–H and O–H groups in total. The molecular weight excluding hydrogens is 337 g/mol. The van der Waals surface area contributed by atoms with Gasteiger partial charge in [-0.25, -0.2) is 0 Å². The van der Waals surface area contributed by atoms with Crippen molar-refractivity contribution in [2.24, 2.45) is 0 Å². The monoisotopic (exact) mass is 349 g/mol. The molecule has 1 unspecified atom stereocenters. The molecule has 1 atom stereocenters. The van der Waals surface area contributed by atoms with E-state index in [2.05, 4.69) is 35.1 Å². The Morgan fingerprint density at radius 2 is 2.11 bits per heavy atom. The van der Waals surface area contributed by atoms with Gasteiger partial charge >= 0.3 is 0 Å². The maximum atomic E-state index is 6.31. The van der Waals surface area contributed by atoms with Crippen LogP contribution in [0, 0.1) is 6.92 Å². The SMILES string of the molecule is CCNC(C)c1oc2c(Cl)cc(Br)c(Cl)c2c1C. The number of benzene rings is 1. The molecule has 1 aromatic heterocycles. The number of fused-ring (bicyclic) bond motifs is 1. The third-order valence-corrected chi connectivity index (χ3v) is 4.51. The highest BCUT2D eigenvalue weighted by molar-refractivity contribution is 9.10. The van der Waals surface area contributed by atoms with E-state index in [0.717, 1.165) is 27.7 Å². The summed E-state index contributed by atoms with van der Waals surface area (Å²) in [6.07, 6.45) is 0. The summed E-state index contributed by atoms with van der Waals surface area (Å²) in [6, 6.07) is 1.89. The molecule has 1 heterocycles. The van der Waals surface area contributed by atoms with Crippen LogP contribution >= 0.6 is 39.1 Å². The Labute approximate surface area is 125 Å². The zero-order chi connectivity index (χ0) is 13.4.